The van der Waals surface area contributed by atoms with E-state index in [1.165, 1.54) is 0 Å². The van der Waals surface area contributed by atoms with Crippen molar-refractivity contribution in [2.45, 2.75) is 40.2 Å². The second-order valence-electron chi connectivity index (χ2n) is 6.53. The zero-order valence-electron chi connectivity index (χ0n) is 13.8. The minimum atomic E-state index is -0.283. The Morgan fingerprint density at radius 1 is 1.09 bits per heavy atom. The van der Waals surface area contributed by atoms with Gasteiger partial charge in [0, 0.05) is 23.1 Å². The number of carbonyl (C=O) groups is 1. The number of benzene rings is 1. The number of rotatable bonds is 3. The Balaban J connectivity index is 2.24. The number of nitrogens with zero attached hydrogens (tertiary/aromatic N) is 1. The molecule has 1 aromatic heterocycles. The van der Waals surface area contributed by atoms with Crippen LogP contribution in [-0.2, 0) is 0 Å². The van der Waals surface area contributed by atoms with Crippen LogP contribution in [0.2, 0.25) is 0 Å². The van der Waals surface area contributed by atoms with Crippen molar-refractivity contribution in [1.82, 2.24) is 10.3 Å². The number of nitrogens with one attached hydrogen (secondary N) is 2. The van der Waals surface area contributed by atoms with E-state index in [0.717, 1.165) is 22.5 Å². The molecule has 2 rings (SSSR count). The summed E-state index contributed by atoms with van der Waals surface area (Å²) in [7, 11) is 0. The molecule has 1 heterocycles. The van der Waals surface area contributed by atoms with Crippen molar-refractivity contribution in [2.75, 3.05) is 5.32 Å². The quantitative estimate of drug-likeness (QED) is 0.901. The van der Waals surface area contributed by atoms with Crippen molar-refractivity contribution < 1.29 is 4.79 Å². The van der Waals surface area contributed by atoms with E-state index in [4.69, 9.17) is 0 Å². The molecule has 0 bridgehead atoms. The molecular weight excluding hydrogens is 274 g/mol. The van der Waals surface area contributed by atoms with Crippen molar-refractivity contribution in [2.24, 2.45) is 0 Å². The predicted octanol–water partition coefficient (Wildman–Crippen LogP) is 3.97. The van der Waals surface area contributed by atoms with Gasteiger partial charge in [0.05, 0.1) is 0 Å². The zero-order valence-corrected chi connectivity index (χ0v) is 13.8. The molecule has 1 aromatic carbocycles. The number of aromatic nitrogens is 1. The average molecular weight is 297 g/mol. The van der Waals surface area contributed by atoms with E-state index in [0.29, 0.717) is 5.69 Å². The molecule has 22 heavy (non-hydrogen) atoms. The van der Waals surface area contributed by atoms with Crippen molar-refractivity contribution in [3.63, 3.8) is 0 Å². The number of hydrogen-bond acceptors (Lipinski definition) is 3. The minimum Gasteiger partial charge on any atom is -0.355 e. The van der Waals surface area contributed by atoms with Crippen LogP contribution in [0.25, 0.3) is 0 Å². The Kier molecular flexibility index (Phi) is 4.50. The van der Waals surface area contributed by atoms with Gasteiger partial charge in [0.1, 0.15) is 5.69 Å². The van der Waals surface area contributed by atoms with E-state index >= 15 is 0 Å². The third-order valence-electron chi connectivity index (χ3n) is 3.23. The topological polar surface area (TPSA) is 54.0 Å². The lowest BCUT2D eigenvalue weighted by Crippen LogP contribution is -2.40. The largest absolute Gasteiger partial charge is 0.355 e. The predicted molar refractivity (Wildman–Crippen MR) is 90.7 cm³/mol. The van der Waals surface area contributed by atoms with E-state index in [1.54, 1.807) is 12.3 Å². The fourth-order valence-corrected chi connectivity index (χ4v) is 2.19. The molecule has 0 unspecified atom stereocenters. The molecule has 4 heteroatoms. The number of aryl methyl sites for hydroxylation is 2. The first kappa shape index (κ1) is 16.0. The van der Waals surface area contributed by atoms with Crippen molar-refractivity contribution >= 4 is 17.3 Å². The Labute approximate surface area is 132 Å². The van der Waals surface area contributed by atoms with E-state index < -0.39 is 0 Å². The van der Waals surface area contributed by atoms with Crippen molar-refractivity contribution in [3.8, 4) is 0 Å². The van der Waals surface area contributed by atoms with E-state index in [9.17, 15) is 4.79 Å². The number of carbonyl (C=O) groups excluding carboxylic acids is 1. The lowest BCUT2D eigenvalue weighted by Gasteiger charge is -2.20. The summed E-state index contributed by atoms with van der Waals surface area (Å²) in [4.78, 5) is 16.4. The molecule has 0 aliphatic carbocycles. The Morgan fingerprint density at radius 2 is 1.73 bits per heavy atom. The maximum atomic E-state index is 12.2. The van der Waals surface area contributed by atoms with Gasteiger partial charge in [-0.2, -0.15) is 0 Å². The highest BCUT2D eigenvalue weighted by molar-refractivity contribution is 5.93. The highest BCUT2D eigenvalue weighted by Crippen LogP contribution is 2.24. The number of pyridine rings is 1. The number of amides is 1. The van der Waals surface area contributed by atoms with Crippen molar-refractivity contribution in [3.05, 3.63) is 53.3 Å². The number of para-hydroxylation sites is 1. The van der Waals surface area contributed by atoms with Crippen LogP contribution in [0, 0.1) is 13.8 Å². The molecule has 0 atom stereocenters. The van der Waals surface area contributed by atoms with Gasteiger partial charge < -0.3 is 10.6 Å². The number of anilines is 2. The van der Waals surface area contributed by atoms with Gasteiger partial charge in [-0.3, -0.25) is 9.78 Å². The van der Waals surface area contributed by atoms with Crippen LogP contribution >= 0.6 is 0 Å². The fraction of sp³-hybridized carbons (Fsp3) is 0.333. The Hall–Kier alpha value is -2.36. The summed E-state index contributed by atoms with van der Waals surface area (Å²) < 4.78 is 0. The summed E-state index contributed by atoms with van der Waals surface area (Å²) >= 11 is 0. The molecule has 0 saturated heterocycles. The first-order valence-corrected chi connectivity index (χ1v) is 7.38. The minimum absolute atomic E-state index is 0.169. The van der Waals surface area contributed by atoms with Gasteiger partial charge >= 0.3 is 0 Å². The summed E-state index contributed by atoms with van der Waals surface area (Å²) in [6, 6.07) is 9.78. The summed E-state index contributed by atoms with van der Waals surface area (Å²) in [6.45, 7) is 9.96. The van der Waals surface area contributed by atoms with Gasteiger partial charge in [-0.05, 0) is 57.9 Å². The van der Waals surface area contributed by atoms with Gasteiger partial charge in [-0.1, -0.05) is 18.2 Å². The zero-order chi connectivity index (χ0) is 16.3. The first-order valence-electron chi connectivity index (χ1n) is 7.38. The van der Waals surface area contributed by atoms with E-state index in [1.807, 2.05) is 32.9 Å². The van der Waals surface area contributed by atoms with Gasteiger partial charge in [-0.25, -0.2) is 0 Å². The van der Waals surface area contributed by atoms with Crippen LogP contribution in [0.1, 0.15) is 42.4 Å². The van der Waals surface area contributed by atoms with E-state index in [-0.39, 0.29) is 11.4 Å². The van der Waals surface area contributed by atoms with Gasteiger partial charge in [0.15, 0.2) is 0 Å². The normalized spacial score (nSPS) is 11.1. The molecule has 2 N–H and O–H groups in total. The average Bonchev–Trinajstić information content (AvgIpc) is 2.41. The van der Waals surface area contributed by atoms with Crippen LogP contribution in [0.3, 0.4) is 0 Å². The SMILES string of the molecule is Cc1cccc(C)c1Nc1ccnc(C(=O)NC(C)(C)C)c1. The molecule has 0 saturated carbocycles. The molecule has 116 valence electrons. The number of hydrogen-bond donors (Lipinski definition) is 2. The molecule has 0 spiro atoms. The smallest absolute Gasteiger partial charge is 0.270 e. The standard InChI is InChI=1S/C18H23N3O/c1-12-7-6-8-13(2)16(12)20-14-9-10-19-15(11-14)17(22)21-18(3,4)5/h6-11H,1-5H3,(H,19,20)(H,21,22). The van der Waals surface area contributed by atoms with Crippen LogP contribution in [0.4, 0.5) is 11.4 Å². The molecule has 0 radical (unpaired) electrons. The van der Waals surface area contributed by atoms with Gasteiger partial charge in [0.25, 0.3) is 5.91 Å². The van der Waals surface area contributed by atoms with Crippen LogP contribution in [-0.4, -0.2) is 16.4 Å². The molecule has 0 aliphatic rings. The molecule has 0 fully saturated rings. The summed E-state index contributed by atoms with van der Waals surface area (Å²) in [5, 5.41) is 6.30. The second kappa shape index (κ2) is 6.18. The van der Waals surface area contributed by atoms with Crippen molar-refractivity contribution in [1.29, 1.82) is 0 Å². The first-order chi connectivity index (χ1) is 10.3. The van der Waals surface area contributed by atoms with Crippen LogP contribution in [0.5, 0.6) is 0 Å². The summed E-state index contributed by atoms with van der Waals surface area (Å²) in [5.41, 5.74) is 4.37. The third-order valence-corrected chi connectivity index (χ3v) is 3.23. The lowest BCUT2D eigenvalue weighted by molar-refractivity contribution is 0.0914. The Bertz CT molecular complexity index is 667. The molecule has 2 aromatic rings. The summed E-state index contributed by atoms with van der Waals surface area (Å²) in [6.07, 6.45) is 1.65. The van der Waals surface area contributed by atoms with Crippen LogP contribution < -0.4 is 10.6 Å². The molecule has 4 nitrogen and oxygen atoms in total. The van der Waals surface area contributed by atoms with E-state index in [2.05, 4.69) is 41.6 Å². The maximum absolute atomic E-state index is 12.2. The lowest BCUT2D eigenvalue weighted by atomic mass is 10.1. The highest BCUT2D eigenvalue weighted by atomic mass is 16.2. The molecular formula is C18H23N3O. The Morgan fingerprint density at radius 3 is 2.32 bits per heavy atom. The van der Waals surface area contributed by atoms with Gasteiger partial charge in [0.2, 0.25) is 0 Å². The molecule has 1 amide bonds. The fourth-order valence-electron chi connectivity index (χ4n) is 2.19. The van der Waals surface area contributed by atoms with Gasteiger partial charge in [-0.15, -0.1) is 0 Å². The monoisotopic (exact) mass is 297 g/mol. The third kappa shape index (κ3) is 4.07. The maximum Gasteiger partial charge on any atom is 0.270 e. The molecule has 0 aliphatic heterocycles. The summed E-state index contributed by atoms with van der Waals surface area (Å²) in [5.74, 6) is -0.169. The second-order valence-corrected chi connectivity index (χ2v) is 6.53. The highest BCUT2D eigenvalue weighted by Gasteiger charge is 2.16. The van der Waals surface area contributed by atoms with Crippen LogP contribution in [0.15, 0.2) is 36.5 Å².